The molecule has 0 saturated heterocycles. The lowest BCUT2D eigenvalue weighted by Crippen LogP contribution is -2.14. The summed E-state index contributed by atoms with van der Waals surface area (Å²) in [4.78, 5) is 14.6. The van der Waals surface area contributed by atoms with E-state index >= 15 is 0 Å². The van der Waals surface area contributed by atoms with Gasteiger partial charge < -0.3 is 11.5 Å². The Morgan fingerprint density at radius 3 is 2.93 bits per heavy atom. The molecule has 0 radical (unpaired) electrons. The molecule has 0 bridgehead atoms. The molecule has 1 aromatic heterocycles. The molecule has 5 nitrogen and oxygen atoms in total. The smallest absolute Gasteiger partial charge is 0.250 e. The molecule has 1 heterocycles. The predicted molar refractivity (Wildman–Crippen MR) is 49.9 cm³/mol. The van der Waals surface area contributed by atoms with Crippen molar-refractivity contribution in [3.05, 3.63) is 29.6 Å². The van der Waals surface area contributed by atoms with Crippen LogP contribution in [0.2, 0.25) is 0 Å². The van der Waals surface area contributed by atoms with Gasteiger partial charge in [-0.2, -0.15) is 5.26 Å². The highest BCUT2D eigenvalue weighted by molar-refractivity contribution is 5.92. The van der Waals surface area contributed by atoms with Gasteiger partial charge in [-0.05, 0) is 11.6 Å². The Hall–Kier alpha value is -1.93. The second-order valence-electron chi connectivity index (χ2n) is 2.84. The van der Waals surface area contributed by atoms with Crippen molar-refractivity contribution in [2.24, 2.45) is 11.5 Å². The zero-order valence-electron chi connectivity index (χ0n) is 7.47. The van der Waals surface area contributed by atoms with E-state index in [1.807, 2.05) is 6.07 Å². The summed E-state index contributed by atoms with van der Waals surface area (Å²) in [6.07, 6.45) is 3.07. The molecule has 1 rings (SSSR count). The molecule has 0 aliphatic heterocycles. The van der Waals surface area contributed by atoms with Gasteiger partial charge >= 0.3 is 0 Å². The second-order valence-corrected chi connectivity index (χ2v) is 2.84. The van der Waals surface area contributed by atoms with Gasteiger partial charge in [-0.25, -0.2) is 0 Å². The molecule has 1 atom stereocenters. The summed E-state index contributed by atoms with van der Waals surface area (Å²) < 4.78 is 0. The van der Waals surface area contributed by atoms with Gasteiger partial charge in [-0.15, -0.1) is 0 Å². The van der Waals surface area contributed by atoms with Crippen molar-refractivity contribution in [3.63, 3.8) is 0 Å². The van der Waals surface area contributed by atoms with E-state index in [4.69, 9.17) is 16.7 Å². The van der Waals surface area contributed by atoms with Crippen LogP contribution in [0.25, 0.3) is 0 Å². The second kappa shape index (κ2) is 4.35. The average Bonchev–Trinajstić information content (AvgIpc) is 2.18. The molecule has 1 amide bonds. The lowest BCUT2D eigenvalue weighted by Gasteiger charge is -2.07. The topological polar surface area (TPSA) is 106 Å². The first-order valence-electron chi connectivity index (χ1n) is 4.02. The normalized spacial score (nSPS) is 11.7. The maximum atomic E-state index is 10.8. The number of carbonyl (C=O) groups is 1. The summed E-state index contributed by atoms with van der Waals surface area (Å²) in [6, 6.07) is 3.07. The number of pyridine rings is 1. The molecule has 72 valence electrons. The summed E-state index contributed by atoms with van der Waals surface area (Å²) in [7, 11) is 0. The molecule has 0 fully saturated rings. The van der Waals surface area contributed by atoms with Gasteiger partial charge in [-0.1, -0.05) is 0 Å². The molecule has 0 aromatic carbocycles. The molecule has 0 aliphatic rings. The maximum absolute atomic E-state index is 10.8. The van der Waals surface area contributed by atoms with Crippen molar-refractivity contribution in [3.8, 4) is 6.07 Å². The first-order chi connectivity index (χ1) is 6.65. The third kappa shape index (κ3) is 2.28. The van der Waals surface area contributed by atoms with E-state index in [0.29, 0.717) is 11.1 Å². The highest BCUT2D eigenvalue weighted by Gasteiger charge is 2.08. The highest BCUT2D eigenvalue weighted by Crippen LogP contribution is 2.13. The molecule has 14 heavy (non-hydrogen) atoms. The number of nitrogens with two attached hydrogens (primary N) is 2. The Bertz CT molecular complexity index is 383. The average molecular weight is 190 g/mol. The van der Waals surface area contributed by atoms with Crippen LogP contribution in [0, 0.1) is 11.3 Å². The zero-order valence-corrected chi connectivity index (χ0v) is 7.47. The first kappa shape index (κ1) is 10.2. The number of amides is 1. The highest BCUT2D eigenvalue weighted by atomic mass is 16.1. The summed E-state index contributed by atoms with van der Waals surface area (Å²) in [6.45, 7) is 0. The van der Waals surface area contributed by atoms with Crippen LogP contribution in [0.15, 0.2) is 18.5 Å². The third-order valence-electron chi connectivity index (χ3n) is 1.78. The minimum Gasteiger partial charge on any atom is -0.366 e. The van der Waals surface area contributed by atoms with Crippen molar-refractivity contribution in [2.75, 3.05) is 0 Å². The number of nitriles is 1. The largest absolute Gasteiger partial charge is 0.366 e. The van der Waals surface area contributed by atoms with Crippen molar-refractivity contribution >= 4 is 5.91 Å². The van der Waals surface area contributed by atoms with E-state index in [0.717, 1.165) is 0 Å². The Balaban J connectivity index is 2.94. The van der Waals surface area contributed by atoms with Crippen molar-refractivity contribution < 1.29 is 4.79 Å². The van der Waals surface area contributed by atoms with E-state index in [1.54, 1.807) is 6.07 Å². The number of hydrogen-bond donors (Lipinski definition) is 2. The molecular weight excluding hydrogens is 180 g/mol. The van der Waals surface area contributed by atoms with Crippen molar-refractivity contribution in [2.45, 2.75) is 12.5 Å². The van der Waals surface area contributed by atoms with Gasteiger partial charge in [0.1, 0.15) is 0 Å². The summed E-state index contributed by atoms with van der Waals surface area (Å²) in [5, 5.41) is 8.43. The Morgan fingerprint density at radius 1 is 1.64 bits per heavy atom. The molecule has 0 saturated carbocycles. The summed E-state index contributed by atoms with van der Waals surface area (Å²) in [5.74, 6) is -0.552. The molecule has 0 aliphatic carbocycles. The molecule has 5 heteroatoms. The molecule has 0 spiro atoms. The molecular formula is C9H10N4O. The summed E-state index contributed by atoms with van der Waals surface area (Å²) >= 11 is 0. The van der Waals surface area contributed by atoms with Crippen LogP contribution in [-0.2, 0) is 0 Å². The van der Waals surface area contributed by atoms with Gasteiger partial charge in [0.2, 0.25) is 5.91 Å². The molecule has 1 unspecified atom stereocenters. The Morgan fingerprint density at radius 2 is 2.36 bits per heavy atom. The predicted octanol–water partition coefficient (Wildman–Crippen LogP) is 0.0940. The van der Waals surface area contributed by atoms with Crippen LogP contribution in [0.1, 0.15) is 28.4 Å². The van der Waals surface area contributed by atoms with E-state index in [-0.39, 0.29) is 6.42 Å². The molecule has 4 N–H and O–H groups in total. The summed E-state index contributed by atoms with van der Waals surface area (Å²) in [5.41, 5.74) is 11.7. The fourth-order valence-electron chi connectivity index (χ4n) is 1.01. The lowest BCUT2D eigenvalue weighted by atomic mass is 10.1. The van der Waals surface area contributed by atoms with Crippen LogP contribution >= 0.6 is 0 Å². The Kier molecular flexibility index (Phi) is 3.15. The number of hydrogen-bond acceptors (Lipinski definition) is 4. The van der Waals surface area contributed by atoms with Gasteiger partial charge in [0.15, 0.2) is 0 Å². The van der Waals surface area contributed by atoms with E-state index in [2.05, 4.69) is 4.98 Å². The quantitative estimate of drug-likeness (QED) is 0.704. The fraction of sp³-hybridized carbons (Fsp3) is 0.222. The fourth-order valence-corrected chi connectivity index (χ4v) is 1.01. The van der Waals surface area contributed by atoms with Crippen LogP contribution in [-0.4, -0.2) is 10.9 Å². The SMILES string of the molecule is N#CCC(N)c1cncc(C(N)=O)c1. The Labute approximate surface area is 81.3 Å². The van der Waals surface area contributed by atoms with Crippen LogP contribution in [0.5, 0.6) is 0 Å². The van der Waals surface area contributed by atoms with Crippen LogP contribution < -0.4 is 11.5 Å². The van der Waals surface area contributed by atoms with Gasteiger partial charge in [0.25, 0.3) is 0 Å². The third-order valence-corrected chi connectivity index (χ3v) is 1.78. The van der Waals surface area contributed by atoms with Crippen molar-refractivity contribution in [1.82, 2.24) is 4.98 Å². The lowest BCUT2D eigenvalue weighted by molar-refractivity contribution is 0.1000. The van der Waals surface area contributed by atoms with Gasteiger partial charge in [0.05, 0.1) is 18.1 Å². The van der Waals surface area contributed by atoms with Gasteiger partial charge in [0, 0.05) is 18.4 Å². The zero-order chi connectivity index (χ0) is 10.6. The number of carbonyl (C=O) groups excluding carboxylic acids is 1. The van der Waals surface area contributed by atoms with E-state index < -0.39 is 11.9 Å². The minimum absolute atomic E-state index is 0.184. The number of primary amides is 1. The standard InChI is InChI=1S/C9H10N4O/c10-2-1-8(11)6-3-7(9(12)14)5-13-4-6/h3-5,8H,1,11H2,(H2,12,14). The number of rotatable bonds is 3. The van der Waals surface area contributed by atoms with Crippen molar-refractivity contribution in [1.29, 1.82) is 5.26 Å². The molecule has 1 aromatic rings. The maximum Gasteiger partial charge on any atom is 0.250 e. The van der Waals surface area contributed by atoms with Gasteiger partial charge in [-0.3, -0.25) is 9.78 Å². The van der Waals surface area contributed by atoms with E-state index in [1.165, 1.54) is 12.4 Å². The number of nitrogens with zero attached hydrogens (tertiary/aromatic N) is 2. The van der Waals surface area contributed by atoms with Crippen LogP contribution in [0.4, 0.5) is 0 Å². The first-order valence-corrected chi connectivity index (χ1v) is 4.02. The van der Waals surface area contributed by atoms with E-state index in [9.17, 15) is 4.79 Å². The van der Waals surface area contributed by atoms with Crippen LogP contribution in [0.3, 0.4) is 0 Å². The number of aromatic nitrogens is 1. The minimum atomic E-state index is -0.552. The monoisotopic (exact) mass is 190 g/mol.